The fourth-order valence-electron chi connectivity index (χ4n) is 4.05. The predicted molar refractivity (Wildman–Crippen MR) is 93.7 cm³/mol. The number of carbonyl (C=O) groups excluding carboxylic acids is 3. The molecule has 2 aliphatic heterocycles. The van der Waals surface area contributed by atoms with Crippen LogP contribution >= 0.6 is 0 Å². The Morgan fingerprint density at radius 2 is 1.85 bits per heavy atom. The Morgan fingerprint density at radius 3 is 2.54 bits per heavy atom. The Kier molecular flexibility index (Phi) is 3.12. The summed E-state index contributed by atoms with van der Waals surface area (Å²) in [6.45, 7) is 2.80. The maximum absolute atomic E-state index is 12.9. The number of nitrogens with zero attached hydrogens (tertiary/aromatic N) is 3. The molecule has 0 bridgehead atoms. The van der Waals surface area contributed by atoms with Gasteiger partial charge in [-0.05, 0) is 24.8 Å². The van der Waals surface area contributed by atoms with Gasteiger partial charge in [0.25, 0.3) is 5.91 Å². The number of hydrogen-bond donors (Lipinski definition) is 0. The molecule has 2 heterocycles. The van der Waals surface area contributed by atoms with Crippen LogP contribution in [0.1, 0.15) is 37.7 Å². The average molecular weight is 351 g/mol. The van der Waals surface area contributed by atoms with Gasteiger partial charge < -0.3 is 4.90 Å². The number of benzene rings is 1. The van der Waals surface area contributed by atoms with Gasteiger partial charge in [0.2, 0.25) is 5.91 Å². The minimum atomic E-state index is -0.278. The third-order valence-corrected chi connectivity index (χ3v) is 6.10. The molecule has 0 N–H and O–H groups in total. The van der Waals surface area contributed by atoms with Crippen LogP contribution in [0.2, 0.25) is 0 Å². The first-order valence-corrected chi connectivity index (χ1v) is 9.22. The molecule has 2 atom stereocenters. The largest absolute Gasteiger partial charge is 0.332 e. The summed E-state index contributed by atoms with van der Waals surface area (Å²) in [6, 6.07) is 9.68. The fraction of sp³-hybridized carbons (Fsp3) is 0.450. The molecule has 1 saturated heterocycles. The van der Waals surface area contributed by atoms with Crippen molar-refractivity contribution >= 4 is 17.8 Å². The summed E-state index contributed by atoms with van der Waals surface area (Å²) in [5.74, 6) is 0.0166. The van der Waals surface area contributed by atoms with Gasteiger partial charge in [0.05, 0.1) is 0 Å². The minimum Gasteiger partial charge on any atom is -0.315 e. The van der Waals surface area contributed by atoms with E-state index >= 15 is 0 Å². The number of carbonyl (C=O) groups is 3. The van der Waals surface area contributed by atoms with E-state index in [1.54, 1.807) is 11.1 Å². The van der Waals surface area contributed by atoms with Crippen LogP contribution in [0, 0.1) is 5.41 Å². The highest BCUT2D eigenvalue weighted by Crippen LogP contribution is 2.49. The van der Waals surface area contributed by atoms with Crippen LogP contribution < -0.4 is 0 Å². The zero-order chi connectivity index (χ0) is 18.1. The highest BCUT2D eigenvalue weighted by atomic mass is 16.2. The monoisotopic (exact) mass is 351 g/mol. The van der Waals surface area contributed by atoms with Crippen LogP contribution in [-0.2, 0) is 9.59 Å². The van der Waals surface area contributed by atoms with Crippen LogP contribution in [0.4, 0.5) is 4.79 Å². The fourth-order valence-corrected chi connectivity index (χ4v) is 4.05. The smallest absolute Gasteiger partial charge is 0.315 e. The van der Waals surface area contributed by atoms with Gasteiger partial charge in [-0.25, -0.2) is 4.79 Å². The third kappa shape index (κ3) is 2.21. The lowest BCUT2D eigenvalue weighted by molar-refractivity contribution is -0.134. The van der Waals surface area contributed by atoms with Crippen LogP contribution in [0.3, 0.4) is 0 Å². The number of fused-ring (bicyclic) bond motifs is 1. The summed E-state index contributed by atoms with van der Waals surface area (Å²) in [4.78, 5) is 42.8. The first-order chi connectivity index (χ1) is 12.5. The van der Waals surface area contributed by atoms with E-state index in [-0.39, 0.29) is 35.2 Å². The van der Waals surface area contributed by atoms with Gasteiger partial charge in [-0.15, -0.1) is 0 Å². The molecule has 134 valence electrons. The SMILES string of the molecule is CC1(C(=O)N2C=C3C(=O)N([C@H]4C[C@@H]4c4ccccc4)C(=O)N3CC2)CC1. The van der Waals surface area contributed by atoms with Crippen molar-refractivity contribution in [3.63, 3.8) is 0 Å². The normalized spacial score (nSPS) is 28.8. The quantitative estimate of drug-likeness (QED) is 0.785. The van der Waals surface area contributed by atoms with Crippen molar-refractivity contribution in [2.24, 2.45) is 5.41 Å². The van der Waals surface area contributed by atoms with Gasteiger partial charge in [0.1, 0.15) is 5.70 Å². The first kappa shape index (κ1) is 15.6. The summed E-state index contributed by atoms with van der Waals surface area (Å²) in [5, 5.41) is 0. The number of imide groups is 1. The molecule has 5 rings (SSSR count). The van der Waals surface area contributed by atoms with E-state index in [9.17, 15) is 14.4 Å². The molecule has 6 heteroatoms. The molecule has 0 unspecified atom stereocenters. The summed E-state index contributed by atoms with van der Waals surface area (Å²) in [7, 11) is 0. The molecule has 2 saturated carbocycles. The Bertz CT molecular complexity index is 843. The summed E-state index contributed by atoms with van der Waals surface area (Å²) in [5.41, 5.74) is 1.23. The minimum absolute atomic E-state index is 0.0666. The molecular weight excluding hydrogens is 330 g/mol. The maximum atomic E-state index is 12.9. The van der Waals surface area contributed by atoms with Crippen molar-refractivity contribution in [2.45, 2.75) is 38.1 Å². The molecule has 4 aliphatic rings. The topological polar surface area (TPSA) is 60.9 Å². The molecule has 1 aromatic carbocycles. The van der Waals surface area contributed by atoms with Gasteiger partial charge in [0.15, 0.2) is 0 Å². The van der Waals surface area contributed by atoms with Crippen molar-refractivity contribution in [3.05, 3.63) is 47.8 Å². The Morgan fingerprint density at radius 1 is 1.12 bits per heavy atom. The Balaban J connectivity index is 1.38. The van der Waals surface area contributed by atoms with E-state index in [2.05, 4.69) is 0 Å². The Labute approximate surface area is 152 Å². The number of urea groups is 1. The van der Waals surface area contributed by atoms with Crippen molar-refractivity contribution in [2.75, 3.05) is 13.1 Å². The molecule has 1 aromatic rings. The van der Waals surface area contributed by atoms with E-state index in [1.807, 2.05) is 37.3 Å². The molecule has 6 nitrogen and oxygen atoms in total. The molecular formula is C20H21N3O3. The number of amides is 4. The summed E-state index contributed by atoms with van der Waals surface area (Å²) in [6.07, 6.45) is 4.20. The van der Waals surface area contributed by atoms with Crippen LogP contribution in [0.15, 0.2) is 42.2 Å². The maximum Gasteiger partial charge on any atom is 0.332 e. The van der Waals surface area contributed by atoms with Crippen molar-refractivity contribution < 1.29 is 14.4 Å². The Hall–Kier alpha value is -2.63. The first-order valence-electron chi connectivity index (χ1n) is 9.22. The second-order valence-electron chi connectivity index (χ2n) is 8.00. The van der Waals surface area contributed by atoms with Gasteiger partial charge in [-0.2, -0.15) is 0 Å². The average Bonchev–Trinajstić information content (AvgIpc) is 3.58. The number of rotatable bonds is 3. The van der Waals surface area contributed by atoms with E-state index in [0.29, 0.717) is 18.8 Å². The van der Waals surface area contributed by atoms with Gasteiger partial charge in [-0.1, -0.05) is 37.3 Å². The second kappa shape index (κ2) is 5.19. The number of hydrogen-bond acceptors (Lipinski definition) is 3. The lowest BCUT2D eigenvalue weighted by Gasteiger charge is -2.30. The predicted octanol–water partition coefficient (Wildman–Crippen LogP) is 2.29. The zero-order valence-corrected chi connectivity index (χ0v) is 14.7. The van der Waals surface area contributed by atoms with Crippen LogP contribution in [0.25, 0.3) is 0 Å². The van der Waals surface area contributed by atoms with Crippen molar-refractivity contribution in [1.29, 1.82) is 0 Å². The summed E-state index contributed by atoms with van der Waals surface area (Å²) < 4.78 is 0. The van der Waals surface area contributed by atoms with Gasteiger partial charge >= 0.3 is 6.03 Å². The van der Waals surface area contributed by atoms with E-state index in [0.717, 1.165) is 24.8 Å². The lowest BCUT2D eigenvalue weighted by Crippen LogP contribution is -2.43. The third-order valence-electron chi connectivity index (χ3n) is 6.10. The molecule has 26 heavy (non-hydrogen) atoms. The lowest BCUT2D eigenvalue weighted by atomic mass is 10.1. The molecule has 0 spiro atoms. The highest BCUT2D eigenvalue weighted by Gasteiger charge is 2.55. The molecule has 0 radical (unpaired) electrons. The highest BCUT2D eigenvalue weighted by molar-refractivity contribution is 6.12. The second-order valence-corrected chi connectivity index (χ2v) is 8.00. The molecule has 4 amide bonds. The zero-order valence-electron chi connectivity index (χ0n) is 14.7. The molecule has 2 aliphatic carbocycles. The standard InChI is InChI=1S/C20H21N3O3/c1-20(7-8-20)18(25)21-9-10-22-16(12-21)17(24)23(19(22)26)15-11-14(15)13-5-3-2-4-6-13/h2-6,12,14-15H,7-11H2,1H3/t14-,15+/m1/s1. The summed E-state index contributed by atoms with van der Waals surface area (Å²) >= 11 is 0. The molecule has 0 aromatic heterocycles. The van der Waals surface area contributed by atoms with E-state index < -0.39 is 0 Å². The van der Waals surface area contributed by atoms with E-state index in [1.165, 1.54) is 9.80 Å². The van der Waals surface area contributed by atoms with Crippen molar-refractivity contribution in [3.8, 4) is 0 Å². The van der Waals surface area contributed by atoms with Crippen molar-refractivity contribution in [1.82, 2.24) is 14.7 Å². The molecule has 3 fully saturated rings. The van der Waals surface area contributed by atoms with Crippen LogP contribution in [-0.4, -0.2) is 51.7 Å². The van der Waals surface area contributed by atoms with Gasteiger partial charge in [0, 0.05) is 36.7 Å². The van der Waals surface area contributed by atoms with Crippen LogP contribution in [0.5, 0.6) is 0 Å². The van der Waals surface area contributed by atoms with E-state index in [4.69, 9.17) is 0 Å². The van der Waals surface area contributed by atoms with Gasteiger partial charge in [-0.3, -0.25) is 19.4 Å².